The molecule has 6 aromatic heterocycles. The molecule has 0 aliphatic carbocycles. The van der Waals surface area contributed by atoms with E-state index in [4.69, 9.17) is 4.98 Å². The Kier molecular flexibility index (Phi) is 3.27. The summed E-state index contributed by atoms with van der Waals surface area (Å²) in [5.41, 5.74) is 6.63. The maximum absolute atomic E-state index is 4.80. The molecule has 6 aromatic rings. The minimum atomic E-state index is 0.649. The molecular weight excluding hydrogens is 366 g/mol. The second-order valence-electron chi connectivity index (χ2n) is 6.56. The summed E-state index contributed by atoms with van der Waals surface area (Å²) in [5, 5.41) is 15.1. The summed E-state index contributed by atoms with van der Waals surface area (Å²) < 4.78 is 0. The fourth-order valence-corrected chi connectivity index (χ4v) is 3.41. The van der Waals surface area contributed by atoms with Gasteiger partial charge in [0, 0.05) is 47.7 Å². The largest absolute Gasteiger partial charge is 0.336 e. The Bertz CT molecular complexity index is 1450. The third-order valence-corrected chi connectivity index (χ3v) is 4.81. The van der Waals surface area contributed by atoms with Gasteiger partial charge in [0.1, 0.15) is 11.2 Å². The lowest BCUT2D eigenvalue weighted by molar-refractivity contribution is 1.09. The van der Waals surface area contributed by atoms with Gasteiger partial charge in [-0.25, -0.2) is 9.97 Å². The van der Waals surface area contributed by atoms with E-state index in [0.717, 1.165) is 38.8 Å². The van der Waals surface area contributed by atoms with E-state index in [9.17, 15) is 0 Å². The van der Waals surface area contributed by atoms with Crippen LogP contribution in [-0.2, 0) is 0 Å². The number of nitrogens with zero attached hydrogens (tertiary/aromatic N) is 6. The van der Waals surface area contributed by atoms with Crippen molar-refractivity contribution in [2.75, 3.05) is 0 Å². The molecule has 0 aliphatic heterocycles. The molecule has 3 N–H and O–H groups in total. The van der Waals surface area contributed by atoms with Crippen LogP contribution in [0.15, 0.2) is 61.4 Å². The summed E-state index contributed by atoms with van der Waals surface area (Å²) in [6.45, 7) is 0. The molecule has 0 fully saturated rings. The summed E-state index contributed by atoms with van der Waals surface area (Å²) in [4.78, 5) is 21.3. The van der Waals surface area contributed by atoms with Gasteiger partial charge in [-0.1, -0.05) is 0 Å². The number of imidazole rings is 1. The van der Waals surface area contributed by atoms with E-state index < -0.39 is 0 Å². The Hall–Kier alpha value is -4.40. The quantitative estimate of drug-likeness (QED) is 0.433. The van der Waals surface area contributed by atoms with Crippen molar-refractivity contribution in [1.82, 2.24) is 45.3 Å². The van der Waals surface area contributed by atoms with E-state index in [2.05, 4.69) is 40.3 Å². The molecule has 9 heteroatoms. The van der Waals surface area contributed by atoms with Crippen molar-refractivity contribution in [3.05, 3.63) is 61.4 Å². The number of hydrogen-bond acceptors (Lipinski definition) is 6. The van der Waals surface area contributed by atoms with E-state index in [-0.39, 0.29) is 0 Å². The Morgan fingerprint density at radius 1 is 0.862 bits per heavy atom. The number of aromatic amines is 3. The number of aromatic nitrogens is 9. The van der Waals surface area contributed by atoms with Gasteiger partial charge in [0.05, 0.1) is 22.8 Å². The van der Waals surface area contributed by atoms with Gasteiger partial charge in [0.2, 0.25) is 0 Å². The summed E-state index contributed by atoms with van der Waals surface area (Å²) in [5.74, 6) is 0.649. The monoisotopic (exact) mass is 379 g/mol. The molecular formula is C20H13N9. The van der Waals surface area contributed by atoms with Gasteiger partial charge in [-0.3, -0.25) is 20.2 Å². The molecule has 0 saturated heterocycles. The average Bonchev–Trinajstić information content (AvgIpc) is 3.52. The molecule has 138 valence electrons. The lowest BCUT2D eigenvalue weighted by Gasteiger charge is -1.99. The van der Waals surface area contributed by atoms with Crippen LogP contribution in [0.1, 0.15) is 0 Å². The van der Waals surface area contributed by atoms with Crippen molar-refractivity contribution < 1.29 is 0 Å². The van der Waals surface area contributed by atoms with Crippen LogP contribution < -0.4 is 0 Å². The molecule has 0 unspecified atom stereocenters. The third kappa shape index (κ3) is 2.48. The molecule has 0 saturated carbocycles. The predicted molar refractivity (Wildman–Crippen MR) is 108 cm³/mol. The zero-order chi connectivity index (χ0) is 19.2. The van der Waals surface area contributed by atoms with E-state index in [0.29, 0.717) is 17.2 Å². The molecule has 6 heterocycles. The first-order valence-electron chi connectivity index (χ1n) is 8.95. The van der Waals surface area contributed by atoms with Gasteiger partial charge < -0.3 is 4.98 Å². The molecule has 0 atom stereocenters. The van der Waals surface area contributed by atoms with Crippen molar-refractivity contribution >= 4 is 22.1 Å². The first-order chi connectivity index (χ1) is 14.4. The van der Waals surface area contributed by atoms with E-state index in [1.54, 1.807) is 31.0 Å². The molecule has 9 nitrogen and oxygen atoms in total. The van der Waals surface area contributed by atoms with Crippen LogP contribution in [0, 0.1) is 0 Å². The van der Waals surface area contributed by atoms with Crippen molar-refractivity contribution in [2.24, 2.45) is 0 Å². The second-order valence-corrected chi connectivity index (χ2v) is 6.56. The number of fused-ring (bicyclic) bond motifs is 2. The summed E-state index contributed by atoms with van der Waals surface area (Å²) in [7, 11) is 0. The topological polar surface area (TPSA) is 125 Å². The summed E-state index contributed by atoms with van der Waals surface area (Å²) in [6.07, 6.45) is 10.7. The van der Waals surface area contributed by atoms with Crippen LogP contribution in [0.2, 0.25) is 0 Å². The minimum Gasteiger partial charge on any atom is -0.336 e. The Labute approximate surface area is 163 Å². The number of pyridine rings is 3. The zero-order valence-corrected chi connectivity index (χ0v) is 15.0. The van der Waals surface area contributed by atoms with E-state index in [1.807, 2.05) is 30.5 Å². The number of rotatable bonds is 3. The molecule has 0 spiro atoms. The molecule has 6 rings (SSSR count). The summed E-state index contributed by atoms with van der Waals surface area (Å²) in [6, 6.07) is 7.77. The van der Waals surface area contributed by atoms with Gasteiger partial charge >= 0.3 is 0 Å². The van der Waals surface area contributed by atoms with Gasteiger partial charge in [-0.15, -0.1) is 0 Å². The summed E-state index contributed by atoms with van der Waals surface area (Å²) >= 11 is 0. The van der Waals surface area contributed by atoms with Crippen LogP contribution in [0.3, 0.4) is 0 Å². The van der Waals surface area contributed by atoms with E-state index in [1.165, 1.54) is 0 Å². The molecule has 0 aromatic carbocycles. The lowest BCUT2D eigenvalue weighted by Crippen LogP contribution is -1.86. The number of hydrogen-bond donors (Lipinski definition) is 3. The predicted octanol–water partition coefficient (Wildman–Crippen LogP) is 3.35. The molecule has 0 aliphatic rings. The average molecular weight is 379 g/mol. The SMILES string of the molecule is c1cncc(-c2nccc3[nH]c(-c4n[nH]c5ncc(-c6cn[nH]c6)cc45)nc23)c1. The molecule has 0 radical (unpaired) electrons. The molecule has 0 bridgehead atoms. The highest BCUT2D eigenvalue weighted by Gasteiger charge is 2.17. The van der Waals surface area contributed by atoms with Gasteiger partial charge in [0.25, 0.3) is 0 Å². The first-order valence-corrected chi connectivity index (χ1v) is 8.95. The maximum Gasteiger partial charge on any atom is 0.159 e. The standard InChI is InChI=1S/C20H13N9/c1-2-11(7-21-4-1)16-18-15(3-5-22-16)26-20(27-18)17-14-6-12(13-9-24-25-10-13)8-23-19(14)29-28-17/h1-10H,(H,24,25)(H,26,27)(H,23,28,29). The fraction of sp³-hybridized carbons (Fsp3) is 0. The number of nitrogens with one attached hydrogen (secondary N) is 3. The van der Waals surface area contributed by atoms with E-state index >= 15 is 0 Å². The normalized spacial score (nSPS) is 11.4. The highest BCUT2D eigenvalue weighted by Crippen LogP contribution is 2.31. The van der Waals surface area contributed by atoms with Gasteiger partial charge in [-0.2, -0.15) is 10.2 Å². The zero-order valence-electron chi connectivity index (χ0n) is 15.0. The fourth-order valence-electron chi connectivity index (χ4n) is 3.41. The van der Waals surface area contributed by atoms with Crippen LogP contribution in [-0.4, -0.2) is 45.3 Å². The second kappa shape index (κ2) is 6.06. The Balaban J connectivity index is 1.54. The van der Waals surface area contributed by atoms with Crippen LogP contribution in [0.25, 0.3) is 56.0 Å². The minimum absolute atomic E-state index is 0.649. The number of H-pyrrole nitrogens is 3. The van der Waals surface area contributed by atoms with Crippen LogP contribution in [0.5, 0.6) is 0 Å². The van der Waals surface area contributed by atoms with Crippen LogP contribution in [0.4, 0.5) is 0 Å². The smallest absolute Gasteiger partial charge is 0.159 e. The van der Waals surface area contributed by atoms with Crippen molar-refractivity contribution in [3.63, 3.8) is 0 Å². The molecule has 0 amide bonds. The van der Waals surface area contributed by atoms with Gasteiger partial charge in [0.15, 0.2) is 11.5 Å². The molecule has 29 heavy (non-hydrogen) atoms. The van der Waals surface area contributed by atoms with Crippen LogP contribution >= 0.6 is 0 Å². The lowest BCUT2D eigenvalue weighted by atomic mass is 10.1. The Morgan fingerprint density at radius 3 is 2.72 bits per heavy atom. The maximum atomic E-state index is 4.80. The highest BCUT2D eigenvalue weighted by atomic mass is 15.2. The Morgan fingerprint density at radius 2 is 1.86 bits per heavy atom. The first kappa shape index (κ1) is 15.6. The van der Waals surface area contributed by atoms with Crippen molar-refractivity contribution in [2.45, 2.75) is 0 Å². The van der Waals surface area contributed by atoms with Crippen molar-refractivity contribution in [3.8, 4) is 33.9 Å². The van der Waals surface area contributed by atoms with Gasteiger partial charge in [-0.05, 0) is 24.3 Å². The highest BCUT2D eigenvalue weighted by molar-refractivity contribution is 5.96. The van der Waals surface area contributed by atoms with Crippen molar-refractivity contribution in [1.29, 1.82) is 0 Å². The third-order valence-electron chi connectivity index (χ3n) is 4.81.